The lowest BCUT2D eigenvalue weighted by Crippen LogP contribution is -2.26. The third-order valence-electron chi connectivity index (χ3n) is 1.56. The molecular weight excluding hydrogens is 188 g/mol. The van der Waals surface area contributed by atoms with E-state index in [0.29, 0.717) is 0 Å². The molecule has 0 spiro atoms. The summed E-state index contributed by atoms with van der Waals surface area (Å²) >= 11 is 0. The fourth-order valence-electron chi connectivity index (χ4n) is 0.839. The van der Waals surface area contributed by atoms with Gasteiger partial charge >= 0.3 is 5.97 Å². The van der Waals surface area contributed by atoms with E-state index in [2.05, 4.69) is 9.84 Å². The second kappa shape index (κ2) is 4.40. The van der Waals surface area contributed by atoms with Crippen molar-refractivity contribution in [1.29, 1.82) is 0 Å². The van der Waals surface area contributed by atoms with Gasteiger partial charge in [0.25, 0.3) is 5.56 Å². The van der Waals surface area contributed by atoms with E-state index in [9.17, 15) is 9.59 Å². The van der Waals surface area contributed by atoms with E-state index >= 15 is 0 Å². The van der Waals surface area contributed by atoms with Crippen LogP contribution in [0.4, 0.5) is 0 Å². The van der Waals surface area contributed by atoms with Gasteiger partial charge in [-0.1, -0.05) is 0 Å². The van der Waals surface area contributed by atoms with Gasteiger partial charge in [-0.3, -0.25) is 9.59 Å². The number of methoxy groups -OCH3 is 2. The Morgan fingerprint density at radius 1 is 1.50 bits per heavy atom. The van der Waals surface area contributed by atoms with E-state index in [1.807, 2.05) is 0 Å². The maximum atomic E-state index is 11.2. The van der Waals surface area contributed by atoms with Crippen LogP contribution in [0.5, 0.6) is 5.88 Å². The summed E-state index contributed by atoms with van der Waals surface area (Å²) in [5.74, 6) is -0.263. The summed E-state index contributed by atoms with van der Waals surface area (Å²) in [5.41, 5.74) is -0.379. The molecule has 0 N–H and O–H groups in total. The first kappa shape index (κ1) is 10.2. The summed E-state index contributed by atoms with van der Waals surface area (Å²) in [4.78, 5) is 22.0. The number of hydrogen-bond acceptors (Lipinski definition) is 5. The average molecular weight is 198 g/mol. The highest BCUT2D eigenvalue weighted by molar-refractivity contribution is 5.68. The average Bonchev–Trinajstić information content (AvgIpc) is 2.21. The van der Waals surface area contributed by atoms with E-state index in [1.165, 1.54) is 26.4 Å². The molecule has 6 heteroatoms. The fourth-order valence-corrected chi connectivity index (χ4v) is 0.839. The predicted octanol–water partition coefficient (Wildman–Crippen LogP) is -0.575. The van der Waals surface area contributed by atoms with Crippen molar-refractivity contribution in [2.75, 3.05) is 14.2 Å². The largest absolute Gasteiger partial charge is 0.480 e. The Bertz CT molecular complexity index is 385. The lowest BCUT2D eigenvalue weighted by atomic mass is 10.5. The molecule has 0 aliphatic carbocycles. The second-order valence-corrected chi connectivity index (χ2v) is 2.45. The van der Waals surface area contributed by atoms with E-state index in [0.717, 1.165) is 4.68 Å². The van der Waals surface area contributed by atoms with Crippen molar-refractivity contribution in [2.45, 2.75) is 6.54 Å². The third kappa shape index (κ3) is 2.32. The first-order valence-electron chi connectivity index (χ1n) is 3.86. The lowest BCUT2D eigenvalue weighted by Gasteiger charge is -2.04. The Labute approximate surface area is 80.1 Å². The normalized spacial score (nSPS) is 9.57. The maximum absolute atomic E-state index is 11.2. The first-order chi connectivity index (χ1) is 6.67. The van der Waals surface area contributed by atoms with Gasteiger partial charge in [-0.15, -0.1) is 5.10 Å². The Hall–Kier alpha value is -1.85. The molecule has 14 heavy (non-hydrogen) atoms. The van der Waals surface area contributed by atoms with Gasteiger partial charge in [0.2, 0.25) is 5.88 Å². The van der Waals surface area contributed by atoms with Crippen LogP contribution in [0, 0.1) is 0 Å². The number of nitrogens with zero attached hydrogens (tertiary/aromatic N) is 2. The van der Waals surface area contributed by atoms with Crippen LogP contribution in [0.25, 0.3) is 0 Å². The minimum absolute atomic E-state index is 0.216. The summed E-state index contributed by atoms with van der Waals surface area (Å²) in [5, 5.41) is 3.76. The highest BCUT2D eigenvalue weighted by Gasteiger charge is 2.05. The molecule has 76 valence electrons. The Kier molecular flexibility index (Phi) is 3.22. The van der Waals surface area contributed by atoms with Crippen molar-refractivity contribution in [2.24, 2.45) is 0 Å². The molecule has 0 aliphatic rings. The summed E-state index contributed by atoms with van der Waals surface area (Å²) in [6.45, 7) is -0.216. The molecular formula is C8H10N2O4. The van der Waals surface area contributed by atoms with E-state index < -0.39 is 5.97 Å². The molecule has 1 aromatic heterocycles. The number of carbonyl (C=O) groups is 1. The van der Waals surface area contributed by atoms with Crippen molar-refractivity contribution in [1.82, 2.24) is 9.78 Å². The minimum Gasteiger partial charge on any atom is -0.480 e. The highest BCUT2D eigenvalue weighted by atomic mass is 16.5. The van der Waals surface area contributed by atoms with Crippen LogP contribution in [0.15, 0.2) is 16.9 Å². The molecule has 0 amide bonds. The van der Waals surface area contributed by atoms with Gasteiger partial charge < -0.3 is 9.47 Å². The second-order valence-electron chi connectivity index (χ2n) is 2.45. The standard InChI is InChI=1S/C8H10N2O4/c1-13-6-3-4-7(11)10(9-6)5-8(12)14-2/h3-4H,5H2,1-2H3. The van der Waals surface area contributed by atoms with Crippen molar-refractivity contribution in [3.63, 3.8) is 0 Å². The maximum Gasteiger partial charge on any atom is 0.327 e. The van der Waals surface area contributed by atoms with Crippen LogP contribution in [-0.4, -0.2) is 30.0 Å². The predicted molar refractivity (Wildman–Crippen MR) is 47.1 cm³/mol. The van der Waals surface area contributed by atoms with Crippen LogP contribution in [0.2, 0.25) is 0 Å². The summed E-state index contributed by atoms with van der Waals surface area (Å²) < 4.78 is 10.2. The molecule has 1 rings (SSSR count). The third-order valence-corrected chi connectivity index (χ3v) is 1.56. The van der Waals surface area contributed by atoms with Gasteiger partial charge in [0.05, 0.1) is 14.2 Å². The van der Waals surface area contributed by atoms with Crippen molar-refractivity contribution >= 4 is 5.97 Å². The SMILES string of the molecule is COC(=O)Cn1nc(OC)ccc1=O. The zero-order valence-electron chi connectivity index (χ0n) is 7.89. The summed E-state index contributed by atoms with van der Waals surface area (Å²) in [6.07, 6.45) is 0. The van der Waals surface area contributed by atoms with Crippen LogP contribution >= 0.6 is 0 Å². The Balaban J connectivity index is 2.95. The van der Waals surface area contributed by atoms with E-state index in [-0.39, 0.29) is 18.0 Å². The number of aromatic nitrogens is 2. The molecule has 0 saturated carbocycles. The van der Waals surface area contributed by atoms with Gasteiger partial charge in [-0.05, 0) is 0 Å². The van der Waals surface area contributed by atoms with Crippen molar-refractivity contribution in [3.8, 4) is 5.88 Å². The zero-order chi connectivity index (χ0) is 10.6. The van der Waals surface area contributed by atoms with E-state index in [4.69, 9.17) is 4.74 Å². The molecule has 1 heterocycles. The van der Waals surface area contributed by atoms with E-state index in [1.54, 1.807) is 0 Å². The fraction of sp³-hybridized carbons (Fsp3) is 0.375. The van der Waals surface area contributed by atoms with Gasteiger partial charge in [0.1, 0.15) is 6.54 Å². The molecule has 0 bridgehead atoms. The first-order valence-corrected chi connectivity index (χ1v) is 3.86. The highest BCUT2D eigenvalue weighted by Crippen LogP contribution is 1.98. The van der Waals surface area contributed by atoms with Crippen LogP contribution in [0.1, 0.15) is 0 Å². The topological polar surface area (TPSA) is 70.4 Å². The molecule has 1 aromatic rings. The molecule has 0 unspecified atom stereocenters. The molecule has 0 radical (unpaired) electrons. The molecule has 0 saturated heterocycles. The number of ether oxygens (including phenoxy) is 2. The van der Waals surface area contributed by atoms with Crippen LogP contribution in [-0.2, 0) is 16.1 Å². The summed E-state index contributed by atoms with van der Waals surface area (Å²) in [7, 11) is 2.67. The number of hydrogen-bond donors (Lipinski definition) is 0. The number of esters is 1. The van der Waals surface area contributed by atoms with Crippen molar-refractivity contribution in [3.05, 3.63) is 22.5 Å². The molecule has 0 aromatic carbocycles. The lowest BCUT2D eigenvalue weighted by molar-refractivity contribution is -0.141. The zero-order valence-corrected chi connectivity index (χ0v) is 7.89. The number of carbonyl (C=O) groups excluding carboxylic acids is 1. The molecule has 0 fully saturated rings. The minimum atomic E-state index is -0.534. The van der Waals surface area contributed by atoms with Gasteiger partial charge in [0, 0.05) is 12.1 Å². The number of rotatable bonds is 3. The van der Waals surface area contributed by atoms with Crippen LogP contribution in [0.3, 0.4) is 0 Å². The molecule has 6 nitrogen and oxygen atoms in total. The van der Waals surface area contributed by atoms with Gasteiger partial charge in [-0.25, -0.2) is 4.68 Å². The van der Waals surface area contributed by atoms with Crippen LogP contribution < -0.4 is 10.3 Å². The van der Waals surface area contributed by atoms with Crippen molar-refractivity contribution < 1.29 is 14.3 Å². The molecule has 0 atom stereocenters. The quantitative estimate of drug-likeness (QED) is 0.608. The monoisotopic (exact) mass is 198 g/mol. The molecule has 0 aliphatic heterocycles. The smallest absolute Gasteiger partial charge is 0.327 e. The Morgan fingerprint density at radius 3 is 2.79 bits per heavy atom. The van der Waals surface area contributed by atoms with Gasteiger partial charge in [0.15, 0.2) is 0 Å². The van der Waals surface area contributed by atoms with Gasteiger partial charge in [-0.2, -0.15) is 0 Å². The summed E-state index contributed by atoms with van der Waals surface area (Å²) in [6, 6.07) is 2.70. The Morgan fingerprint density at radius 2 is 2.21 bits per heavy atom.